The lowest BCUT2D eigenvalue weighted by atomic mass is 10.2. The molecule has 1 fully saturated rings. The van der Waals surface area contributed by atoms with Crippen LogP contribution in [0.4, 0.5) is 5.69 Å². The van der Waals surface area contributed by atoms with Gasteiger partial charge in [-0.2, -0.15) is 5.10 Å². The van der Waals surface area contributed by atoms with E-state index in [1.165, 1.54) is 4.68 Å². The Morgan fingerprint density at radius 1 is 1.39 bits per heavy atom. The van der Waals surface area contributed by atoms with Crippen molar-refractivity contribution >= 4 is 5.69 Å². The van der Waals surface area contributed by atoms with Gasteiger partial charge in [0.05, 0.1) is 37.2 Å². The van der Waals surface area contributed by atoms with E-state index < -0.39 is 6.10 Å². The molecule has 0 radical (unpaired) electrons. The Bertz CT molecular complexity index is 452. The lowest BCUT2D eigenvalue weighted by Crippen LogP contribution is -2.38. The molecule has 1 aliphatic rings. The van der Waals surface area contributed by atoms with E-state index in [0.717, 1.165) is 18.8 Å². The molecule has 1 aliphatic heterocycles. The fraction of sp³-hybridized carbons (Fsp3) is 0.667. The molecule has 1 aromatic heterocycles. The van der Waals surface area contributed by atoms with E-state index in [1.807, 2.05) is 0 Å². The van der Waals surface area contributed by atoms with Crippen molar-refractivity contribution < 1.29 is 9.84 Å². The van der Waals surface area contributed by atoms with Gasteiger partial charge in [-0.3, -0.25) is 4.79 Å². The number of rotatable bonds is 3. The second-order valence-electron chi connectivity index (χ2n) is 4.58. The van der Waals surface area contributed by atoms with E-state index in [0.29, 0.717) is 13.2 Å². The Balaban J connectivity index is 2.21. The zero-order chi connectivity index (χ0) is 13.1. The molecule has 100 valence electrons. The second kappa shape index (κ2) is 5.49. The molecule has 2 unspecified atom stereocenters. The van der Waals surface area contributed by atoms with Crippen molar-refractivity contribution in [3.63, 3.8) is 0 Å². The third-order valence-electron chi connectivity index (χ3n) is 3.27. The first-order chi connectivity index (χ1) is 8.59. The molecular weight excluding hydrogens is 234 g/mol. The molecule has 0 aromatic carbocycles. The predicted octanol–water partition coefficient (Wildman–Crippen LogP) is 0.0217. The normalized spacial score (nSPS) is 19.6. The minimum absolute atomic E-state index is 0.188. The van der Waals surface area contributed by atoms with Crippen molar-refractivity contribution in [1.29, 1.82) is 0 Å². The largest absolute Gasteiger partial charge is 0.391 e. The van der Waals surface area contributed by atoms with Crippen LogP contribution < -0.4 is 10.5 Å². The van der Waals surface area contributed by atoms with E-state index >= 15 is 0 Å². The summed E-state index contributed by atoms with van der Waals surface area (Å²) in [6, 6.07) is 1.24. The summed E-state index contributed by atoms with van der Waals surface area (Å²) < 4.78 is 6.58. The smallest absolute Gasteiger partial charge is 0.269 e. The molecule has 0 bridgehead atoms. The molecule has 1 saturated heterocycles. The number of hydrogen-bond acceptors (Lipinski definition) is 5. The number of aromatic nitrogens is 2. The number of anilines is 1. The van der Waals surface area contributed by atoms with Gasteiger partial charge in [-0.1, -0.05) is 0 Å². The van der Waals surface area contributed by atoms with Crippen LogP contribution in [0.2, 0.25) is 0 Å². The summed E-state index contributed by atoms with van der Waals surface area (Å²) in [6.45, 7) is 6.32. The lowest BCUT2D eigenvalue weighted by Gasteiger charge is -2.28. The molecule has 0 aliphatic carbocycles. The Labute approximate surface area is 106 Å². The number of morpholine rings is 1. The number of aliphatic hydroxyl groups is 1. The highest BCUT2D eigenvalue weighted by molar-refractivity contribution is 5.43. The van der Waals surface area contributed by atoms with Crippen molar-refractivity contribution in [1.82, 2.24) is 9.78 Å². The van der Waals surface area contributed by atoms with Crippen LogP contribution in [0.15, 0.2) is 17.1 Å². The van der Waals surface area contributed by atoms with Crippen molar-refractivity contribution in [3.8, 4) is 0 Å². The van der Waals surface area contributed by atoms with Crippen molar-refractivity contribution in [2.24, 2.45) is 0 Å². The third kappa shape index (κ3) is 2.70. The van der Waals surface area contributed by atoms with Crippen molar-refractivity contribution in [3.05, 3.63) is 22.6 Å². The summed E-state index contributed by atoms with van der Waals surface area (Å²) >= 11 is 0. The van der Waals surface area contributed by atoms with E-state index in [4.69, 9.17) is 4.74 Å². The molecule has 6 nitrogen and oxygen atoms in total. The summed E-state index contributed by atoms with van der Waals surface area (Å²) in [4.78, 5) is 14.0. The highest BCUT2D eigenvalue weighted by Crippen LogP contribution is 2.13. The Morgan fingerprint density at radius 3 is 2.61 bits per heavy atom. The fourth-order valence-electron chi connectivity index (χ4n) is 1.91. The van der Waals surface area contributed by atoms with Crippen LogP contribution in [0.5, 0.6) is 0 Å². The predicted molar refractivity (Wildman–Crippen MR) is 67.9 cm³/mol. The number of nitrogens with zero attached hydrogens (tertiary/aromatic N) is 3. The molecule has 0 saturated carbocycles. The molecule has 2 rings (SSSR count). The van der Waals surface area contributed by atoms with Crippen LogP contribution >= 0.6 is 0 Å². The van der Waals surface area contributed by atoms with Gasteiger partial charge in [0, 0.05) is 19.2 Å². The molecule has 1 aromatic rings. The molecule has 2 heterocycles. The monoisotopic (exact) mass is 253 g/mol. The van der Waals surface area contributed by atoms with E-state index in [1.54, 1.807) is 26.1 Å². The molecule has 6 heteroatoms. The van der Waals surface area contributed by atoms with Crippen LogP contribution in [0.25, 0.3) is 0 Å². The van der Waals surface area contributed by atoms with Gasteiger partial charge in [-0.15, -0.1) is 0 Å². The zero-order valence-electron chi connectivity index (χ0n) is 10.7. The van der Waals surface area contributed by atoms with Crippen LogP contribution in [0.3, 0.4) is 0 Å². The van der Waals surface area contributed by atoms with Gasteiger partial charge in [0.2, 0.25) is 0 Å². The van der Waals surface area contributed by atoms with Gasteiger partial charge in [-0.05, 0) is 13.8 Å². The van der Waals surface area contributed by atoms with Crippen LogP contribution in [0, 0.1) is 0 Å². The van der Waals surface area contributed by atoms with Gasteiger partial charge in [0.25, 0.3) is 5.56 Å². The Kier molecular flexibility index (Phi) is 3.98. The highest BCUT2D eigenvalue weighted by atomic mass is 16.5. The number of aliphatic hydroxyl groups excluding tert-OH is 1. The molecule has 0 amide bonds. The maximum Gasteiger partial charge on any atom is 0.269 e. The van der Waals surface area contributed by atoms with Gasteiger partial charge in [0.1, 0.15) is 0 Å². The van der Waals surface area contributed by atoms with Crippen LogP contribution in [-0.4, -0.2) is 47.3 Å². The van der Waals surface area contributed by atoms with Gasteiger partial charge in [0.15, 0.2) is 0 Å². The number of hydrogen-bond donors (Lipinski definition) is 1. The topological polar surface area (TPSA) is 67.6 Å². The minimum atomic E-state index is -0.607. The standard InChI is InChI=1S/C12H19N3O3/c1-9(10(2)16)15-12(17)7-11(8-13-15)14-3-5-18-6-4-14/h7-10,16H,3-6H2,1-2H3. The Morgan fingerprint density at radius 2 is 2.06 bits per heavy atom. The number of ether oxygens (including phenoxy) is 1. The first-order valence-electron chi connectivity index (χ1n) is 6.19. The first kappa shape index (κ1) is 13.0. The summed E-state index contributed by atoms with van der Waals surface area (Å²) in [7, 11) is 0. The van der Waals surface area contributed by atoms with Crippen molar-refractivity contribution in [2.75, 3.05) is 31.2 Å². The molecule has 1 N–H and O–H groups in total. The van der Waals surface area contributed by atoms with Crippen molar-refractivity contribution in [2.45, 2.75) is 26.0 Å². The van der Waals surface area contributed by atoms with E-state index in [2.05, 4.69) is 10.00 Å². The highest BCUT2D eigenvalue weighted by Gasteiger charge is 2.16. The summed E-state index contributed by atoms with van der Waals surface area (Å²) in [5, 5.41) is 13.6. The molecule has 2 atom stereocenters. The second-order valence-corrected chi connectivity index (χ2v) is 4.58. The van der Waals surface area contributed by atoms with E-state index in [-0.39, 0.29) is 11.6 Å². The summed E-state index contributed by atoms with van der Waals surface area (Å²) in [5.74, 6) is 0. The van der Waals surface area contributed by atoms with Gasteiger partial charge < -0.3 is 14.7 Å². The summed E-state index contributed by atoms with van der Waals surface area (Å²) in [6.07, 6.45) is 1.07. The Hall–Kier alpha value is -1.40. The van der Waals surface area contributed by atoms with Crippen LogP contribution in [0.1, 0.15) is 19.9 Å². The minimum Gasteiger partial charge on any atom is -0.391 e. The molecule has 0 spiro atoms. The fourth-order valence-corrected chi connectivity index (χ4v) is 1.91. The lowest BCUT2D eigenvalue weighted by molar-refractivity contribution is 0.122. The average molecular weight is 253 g/mol. The summed E-state index contributed by atoms with van der Waals surface area (Å²) in [5.41, 5.74) is 0.629. The maximum absolute atomic E-state index is 12.0. The molecular formula is C12H19N3O3. The van der Waals surface area contributed by atoms with Gasteiger partial charge >= 0.3 is 0 Å². The quantitative estimate of drug-likeness (QED) is 0.822. The zero-order valence-corrected chi connectivity index (χ0v) is 10.7. The van der Waals surface area contributed by atoms with Gasteiger partial charge in [-0.25, -0.2) is 4.68 Å². The van der Waals surface area contributed by atoms with E-state index in [9.17, 15) is 9.90 Å². The maximum atomic E-state index is 12.0. The first-order valence-corrected chi connectivity index (χ1v) is 6.19. The SMILES string of the molecule is CC(O)C(C)n1ncc(N2CCOCC2)cc1=O. The third-order valence-corrected chi connectivity index (χ3v) is 3.27. The van der Waals surface area contributed by atoms with Crippen LogP contribution in [-0.2, 0) is 4.74 Å². The molecule has 18 heavy (non-hydrogen) atoms. The average Bonchev–Trinajstić information content (AvgIpc) is 2.38.